The Labute approximate surface area is 233 Å². The Balaban J connectivity index is 1.25. The smallest absolute Gasteiger partial charge is 0.338 e. The van der Waals surface area contributed by atoms with Gasteiger partial charge >= 0.3 is 5.97 Å². The molecule has 1 atom stereocenters. The van der Waals surface area contributed by atoms with Crippen LogP contribution in [-0.2, 0) is 22.4 Å². The Morgan fingerprint density at radius 3 is 2.40 bits per heavy atom. The fourth-order valence-electron chi connectivity index (χ4n) is 4.84. The SMILES string of the molecule is CCC(OC(=O)c1ccc2nc(-c3ccco3)c(-c3ccco3)nc2c1)C(=O)Nc1sc2c(c1C#N)CCCC2. The summed E-state index contributed by atoms with van der Waals surface area (Å²) in [6.45, 7) is 1.76. The molecule has 4 aromatic heterocycles. The standard InChI is InChI=1S/C30H24N4O5S/c1-2-22(28(35)34-29-19(16-31)18-7-3-4-10-25(18)40-29)39-30(36)17-11-12-20-21(15-17)33-27(24-9-6-14-38-24)26(32-20)23-8-5-13-37-23/h5-6,8-9,11-15,22H,2-4,7,10H2,1H3,(H,34,35). The van der Waals surface area contributed by atoms with Crippen molar-refractivity contribution in [1.29, 1.82) is 5.26 Å². The highest BCUT2D eigenvalue weighted by Gasteiger charge is 2.27. The molecular formula is C30H24N4O5S. The molecule has 0 radical (unpaired) electrons. The number of nitriles is 1. The van der Waals surface area contributed by atoms with Crippen molar-refractivity contribution in [3.05, 3.63) is 76.6 Å². The van der Waals surface area contributed by atoms with E-state index in [9.17, 15) is 14.9 Å². The number of aryl methyl sites for hydroxylation is 1. The third-order valence-corrected chi connectivity index (χ3v) is 8.05. The van der Waals surface area contributed by atoms with E-state index in [1.807, 2.05) is 0 Å². The molecule has 1 aromatic carbocycles. The number of esters is 1. The van der Waals surface area contributed by atoms with Gasteiger partial charge in [0.15, 0.2) is 17.6 Å². The van der Waals surface area contributed by atoms with Crippen LogP contribution in [-0.4, -0.2) is 27.9 Å². The second-order valence-corrected chi connectivity index (χ2v) is 10.5. The monoisotopic (exact) mass is 552 g/mol. The molecule has 0 bridgehead atoms. The zero-order chi connectivity index (χ0) is 27.6. The first-order valence-corrected chi connectivity index (χ1v) is 13.8. The zero-order valence-corrected chi connectivity index (χ0v) is 22.4. The van der Waals surface area contributed by atoms with Gasteiger partial charge in [0.2, 0.25) is 0 Å². The maximum Gasteiger partial charge on any atom is 0.338 e. The van der Waals surface area contributed by atoms with Crippen molar-refractivity contribution in [1.82, 2.24) is 9.97 Å². The van der Waals surface area contributed by atoms with Gasteiger partial charge in [-0.1, -0.05) is 6.92 Å². The Kier molecular flexibility index (Phi) is 6.88. The van der Waals surface area contributed by atoms with Gasteiger partial charge in [0, 0.05) is 4.88 Å². The summed E-state index contributed by atoms with van der Waals surface area (Å²) in [6.07, 6.45) is 6.20. The first kappa shape index (κ1) is 25.5. The third kappa shape index (κ3) is 4.76. The largest absolute Gasteiger partial charge is 0.463 e. The molecule has 1 unspecified atom stereocenters. The fourth-order valence-corrected chi connectivity index (χ4v) is 6.08. The number of anilines is 1. The molecule has 5 aromatic rings. The molecule has 6 rings (SSSR count). The quantitative estimate of drug-likeness (QED) is 0.225. The van der Waals surface area contributed by atoms with Crippen LogP contribution in [0.3, 0.4) is 0 Å². The Hall–Kier alpha value is -4.75. The van der Waals surface area contributed by atoms with E-state index < -0.39 is 18.0 Å². The lowest BCUT2D eigenvalue weighted by molar-refractivity contribution is -0.124. The lowest BCUT2D eigenvalue weighted by Crippen LogP contribution is -2.32. The first-order chi connectivity index (χ1) is 19.6. The van der Waals surface area contributed by atoms with Gasteiger partial charge in [0.1, 0.15) is 22.5 Å². The van der Waals surface area contributed by atoms with Crippen LogP contribution < -0.4 is 5.32 Å². The maximum absolute atomic E-state index is 13.1. The summed E-state index contributed by atoms with van der Waals surface area (Å²) in [5.41, 5.74) is 3.76. The molecule has 1 N–H and O–H groups in total. The highest BCUT2D eigenvalue weighted by Crippen LogP contribution is 2.38. The third-order valence-electron chi connectivity index (χ3n) is 6.84. The Bertz CT molecular complexity index is 1750. The minimum atomic E-state index is -1.03. The van der Waals surface area contributed by atoms with Crippen molar-refractivity contribution in [3.8, 4) is 29.0 Å². The van der Waals surface area contributed by atoms with Crippen molar-refractivity contribution in [3.63, 3.8) is 0 Å². The average Bonchev–Trinajstić information content (AvgIpc) is 3.76. The summed E-state index contributed by atoms with van der Waals surface area (Å²) >= 11 is 1.44. The number of carbonyl (C=O) groups excluding carboxylic acids is 2. The van der Waals surface area contributed by atoms with Crippen molar-refractivity contribution >= 4 is 39.2 Å². The second kappa shape index (κ2) is 10.8. The number of furan rings is 2. The number of benzene rings is 1. The molecule has 1 aliphatic rings. The molecule has 0 aliphatic heterocycles. The van der Waals surface area contributed by atoms with Crippen LogP contribution in [0.5, 0.6) is 0 Å². The van der Waals surface area contributed by atoms with Gasteiger partial charge in [0.25, 0.3) is 5.91 Å². The number of thiophene rings is 1. The fraction of sp³-hybridized carbons (Fsp3) is 0.233. The van der Waals surface area contributed by atoms with E-state index in [-0.39, 0.29) is 12.0 Å². The summed E-state index contributed by atoms with van der Waals surface area (Å²) < 4.78 is 16.7. The molecule has 0 fully saturated rings. The van der Waals surface area contributed by atoms with Crippen molar-refractivity contribution < 1.29 is 23.2 Å². The highest BCUT2D eigenvalue weighted by molar-refractivity contribution is 7.16. The predicted octanol–water partition coefficient (Wildman–Crippen LogP) is 6.54. The summed E-state index contributed by atoms with van der Waals surface area (Å²) in [6, 6.07) is 14.2. The van der Waals surface area contributed by atoms with E-state index in [2.05, 4.69) is 11.4 Å². The van der Waals surface area contributed by atoms with Crippen LogP contribution in [0.1, 0.15) is 52.5 Å². The molecule has 0 saturated carbocycles. The van der Waals surface area contributed by atoms with Gasteiger partial charge < -0.3 is 18.9 Å². The molecule has 40 heavy (non-hydrogen) atoms. The minimum Gasteiger partial charge on any atom is -0.463 e. The molecular weight excluding hydrogens is 528 g/mol. The van der Waals surface area contributed by atoms with Crippen LogP contribution in [0, 0.1) is 11.3 Å². The molecule has 10 heteroatoms. The number of carbonyl (C=O) groups is 2. The average molecular weight is 553 g/mol. The zero-order valence-electron chi connectivity index (χ0n) is 21.6. The number of aromatic nitrogens is 2. The number of ether oxygens (including phenoxy) is 1. The van der Waals surface area contributed by atoms with Crippen LogP contribution >= 0.6 is 11.3 Å². The molecule has 1 aliphatic carbocycles. The number of nitrogens with zero attached hydrogens (tertiary/aromatic N) is 3. The molecule has 1 amide bonds. The summed E-state index contributed by atoms with van der Waals surface area (Å²) in [4.78, 5) is 36.8. The van der Waals surface area contributed by atoms with Crippen molar-refractivity contribution in [2.24, 2.45) is 0 Å². The number of hydrogen-bond donors (Lipinski definition) is 1. The lowest BCUT2D eigenvalue weighted by atomic mass is 9.96. The summed E-state index contributed by atoms with van der Waals surface area (Å²) in [7, 11) is 0. The second-order valence-electron chi connectivity index (χ2n) is 9.40. The maximum atomic E-state index is 13.1. The van der Waals surface area contributed by atoms with Crippen LogP contribution in [0.4, 0.5) is 5.00 Å². The van der Waals surface area contributed by atoms with E-state index in [1.165, 1.54) is 11.3 Å². The lowest BCUT2D eigenvalue weighted by Gasteiger charge is -2.16. The summed E-state index contributed by atoms with van der Waals surface area (Å²) in [5.74, 6) is -0.0863. The van der Waals surface area contributed by atoms with Gasteiger partial charge in [-0.3, -0.25) is 4.79 Å². The molecule has 200 valence electrons. The normalized spacial score (nSPS) is 13.4. The number of hydrogen-bond acceptors (Lipinski definition) is 9. The Morgan fingerprint density at radius 2 is 1.75 bits per heavy atom. The molecule has 0 spiro atoms. The van der Waals surface area contributed by atoms with Crippen LogP contribution in [0.25, 0.3) is 33.9 Å². The number of fused-ring (bicyclic) bond motifs is 2. The van der Waals surface area contributed by atoms with Crippen LogP contribution in [0.2, 0.25) is 0 Å². The Morgan fingerprint density at radius 1 is 1.05 bits per heavy atom. The van der Waals surface area contributed by atoms with Gasteiger partial charge in [-0.05, 0) is 80.1 Å². The minimum absolute atomic E-state index is 0.230. The van der Waals surface area contributed by atoms with E-state index in [1.54, 1.807) is 61.9 Å². The van der Waals surface area contributed by atoms with Crippen molar-refractivity contribution in [2.75, 3.05) is 5.32 Å². The van der Waals surface area contributed by atoms with Gasteiger partial charge in [-0.25, -0.2) is 14.8 Å². The summed E-state index contributed by atoms with van der Waals surface area (Å²) in [5, 5.41) is 13.1. The van der Waals surface area contributed by atoms with Crippen molar-refractivity contribution in [2.45, 2.75) is 45.1 Å². The van der Waals surface area contributed by atoms with Gasteiger partial charge in [0.05, 0.1) is 34.7 Å². The predicted molar refractivity (Wildman–Crippen MR) is 149 cm³/mol. The first-order valence-electron chi connectivity index (χ1n) is 13.0. The van der Waals surface area contributed by atoms with Gasteiger partial charge in [-0.2, -0.15) is 5.26 Å². The van der Waals surface area contributed by atoms with E-state index in [0.717, 1.165) is 36.1 Å². The van der Waals surface area contributed by atoms with E-state index in [0.29, 0.717) is 44.5 Å². The number of rotatable bonds is 7. The molecule has 4 heterocycles. The van der Waals surface area contributed by atoms with Gasteiger partial charge in [-0.15, -0.1) is 11.3 Å². The molecule has 9 nitrogen and oxygen atoms in total. The molecule has 0 saturated heterocycles. The van der Waals surface area contributed by atoms with E-state index >= 15 is 0 Å². The number of nitrogens with one attached hydrogen (secondary N) is 1. The van der Waals surface area contributed by atoms with Crippen LogP contribution in [0.15, 0.2) is 63.8 Å². The topological polar surface area (TPSA) is 131 Å². The highest BCUT2D eigenvalue weighted by atomic mass is 32.1. The van der Waals surface area contributed by atoms with E-state index in [4.69, 9.17) is 23.5 Å². The number of amides is 1.